The molecule has 4 rings (SSSR count). The largest absolute Gasteiger partial charge is 0.312 e. The van der Waals surface area contributed by atoms with E-state index in [-0.39, 0.29) is 5.91 Å². The Labute approximate surface area is 179 Å². The molecule has 3 heterocycles. The second-order valence-electron chi connectivity index (χ2n) is 7.27. The number of hydrogen-bond acceptors (Lipinski definition) is 5. The van der Waals surface area contributed by atoms with Crippen molar-refractivity contribution >= 4 is 50.6 Å². The number of sulfonamides is 1. The van der Waals surface area contributed by atoms with Crippen LogP contribution in [0.5, 0.6) is 0 Å². The molecule has 0 saturated carbocycles. The Balaban J connectivity index is 1.48. The van der Waals surface area contributed by atoms with Crippen LogP contribution in [-0.4, -0.2) is 33.5 Å². The molecule has 1 amide bonds. The Bertz CT molecular complexity index is 1080. The van der Waals surface area contributed by atoms with E-state index in [4.69, 9.17) is 11.6 Å². The second-order valence-corrected chi connectivity index (χ2v) is 10.6. The molecule has 9 heteroatoms. The summed E-state index contributed by atoms with van der Waals surface area (Å²) >= 11 is 7.15. The first-order valence-corrected chi connectivity index (χ1v) is 12.2. The number of carbonyl (C=O) groups is 1. The zero-order valence-corrected chi connectivity index (χ0v) is 18.3. The Morgan fingerprint density at radius 2 is 2.14 bits per heavy atom. The smallest absolute Gasteiger partial charge is 0.245 e. The number of thiophene rings is 1. The summed E-state index contributed by atoms with van der Waals surface area (Å²) in [6, 6.07) is 6.91. The summed E-state index contributed by atoms with van der Waals surface area (Å²) < 4.78 is 27.9. The molecule has 1 aromatic carbocycles. The highest BCUT2D eigenvalue weighted by Gasteiger charge is 2.35. The highest BCUT2D eigenvalue weighted by atomic mass is 35.5. The van der Waals surface area contributed by atoms with Gasteiger partial charge >= 0.3 is 0 Å². The molecule has 1 aromatic heterocycles. The normalized spacial score (nSPS) is 19.9. The van der Waals surface area contributed by atoms with E-state index in [0.717, 1.165) is 41.0 Å². The lowest BCUT2D eigenvalue weighted by Crippen LogP contribution is -2.41. The van der Waals surface area contributed by atoms with Crippen molar-refractivity contribution in [2.45, 2.75) is 32.4 Å². The number of carbonyl (C=O) groups excluding carboxylic acids is 1. The molecule has 1 saturated heterocycles. The molecule has 6 nitrogen and oxygen atoms in total. The first-order chi connectivity index (χ1) is 13.8. The Hall–Kier alpha value is -1.71. The van der Waals surface area contributed by atoms with Crippen LogP contribution in [0.1, 0.15) is 28.0 Å². The first-order valence-electron chi connectivity index (χ1n) is 9.43. The molecule has 1 fully saturated rings. The third kappa shape index (κ3) is 4.57. The average Bonchev–Trinajstić information content (AvgIpc) is 3.25. The zero-order valence-electron chi connectivity index (χ0n) is 15.9. The summed E-state index contributed by atoms with van der Waals surface area (Å²) in [5.74, 6) is -0.210. The lowest BCUT2D eigenvalue weighted by molar-refractivity contribution is -0.118. The third-order valence-corrected chi connectivity index (χ3v) is 7.52. The number of halogens is 1. The van der Waals surface area contributed by atoms with Gasteiger partial charge < -0.3 is 10.2 Å². The van der Waals surface area contributed by atoms with Crippen molar-refractivity contribution < 1.29 is 13.2 Å². The molecule has 29 heavy (non-hydrogen) atoms. The molecular weight excluding hydrogens is 430 g/mol. The van der Waals surface area contributed by atoms with Crippen LogP contribution >= 0.6 is 22.9 Å². The monoisotopic (exact) mass is 451 g/mol. The molecule has 2 aliphatic rings. The molecule has 2 N–H and O–H groups in total. The second kappa shape index (κ2) is 8.20. The number of anilines is 1. The van der Waals surface area contributed by atoms with Gasteiger partial charge in [0.15, 0.2) is 0 Å². The predicted octanol–water partition coefficient (Wildman–Crippen LogP) is 3.05. The summed E-state index contributed by atoms with van der Waals surface area (Å²) in [7, 11) is -3.74. The molecule has 154 valence electrons. The molecule has 1 atom stereocenters. The number of nitrogens with zero attached hydrogens (tertiary/aromatic N) is 1. The van der Waals surface area contributed by atoms with E-state index >= 15 is 0 Å². The van der Waals surface area contributed by atoms with E-state index in [1.54, 1.807) is 17.0 Å². The van der Waals surface area contributed by atoms with Gasteiger partial charge in [-0.3, -0.25) is 4.79 Å². The highest BCUT2D eigenvalue weighted by Crippen LogP contribution is 2.30. The van der Waals surface area contributed by atoms with Crippen LogP contribution in [-0.2, 0) is 27.8 Å². The lowest BCUT2D eigenvalue weighted by Gasteiger charge is -2.24. The predicted molar refractivity (Wildman–Crippen MR) is 118 cm³/mol. The number of hydrogen-bond donors (Lipinski definition) is 2. The van der Waals surface area contributed by atoms with Crippen LogP contribution < -0.4 is 14.9 Å². The number of amides is 1. The quantitative estimate of drug-likeness (QED) is 0.732. The fourth-order valence-corrected chi connectivity index (χ4v) is 5.84. The van der Waals surface area contributed by atoms with Crippen molar-refractivity contribution in [1.29, 1.82) is 0 Å². The molecule has 0 spiro atoms. The van der Waals surface area contributed by atoms with Crippen molar-refractivity contribution in [3.05, 3.63) is 55.6 Å². The van der Waals surface area contributed by atoms with E-state index < -0.39 is 16.1 Å². The molecule has 2 aromatic rings. The van der Waals surface area contributed by atoms with E-state index in [1.165, 1.54) is 28.5 Å². The van der Waals surface area contributed by atoms with Gasteiger partial charge in [-0.25, -0.2) is 8.42 Å². The molecule has 0 bridgehead atoms. The highest BCUT2D eigenvalue weighted by molar-refractivity contribution is 7.92. The van der Waals surface area contributed by atoms with Crippen LogP contribution in [0.4, 0.5) is 5.69 Å². The van der Waals surface area contributed by atoms with Gasteiger partial charge in [-0.2, -0.15) is 4.72 Å². The van der Waals surface area contributed by atoms with Crippen molar-refractivity contribution in [2.24, 2.45) is 0 Å². The number of aryl methyl sites for hydroxylation is 1. The molecule has 0 aliphatic carbocycles. The van der Waals surface area contributed by atoms with Crippen LogP contribution in [0.2, 0.25) is 4.34 Å². The van der Waals surface area contributed by atoms with Gasteiger partial charge in [0.25, 0.3) is 0 Å². The van der Waals surface area contributed by atoms with Crippen LogP contribution in [0.25, 0.3) is 6.08 Å². The Morgan fingerprint density at radius 1 is 1.31 bits per heavy atom. The van der Waals surface area contributed by atoms with Crippen LogP contribution in [0.3, 0.4) is 0 Å². The maximum absolute atomic E-state index is 12.9. The minimum atomic E-state index is -3.74. The summed E-state index contributed by atoms with van der Waals surface area (Å²) in [5, 5.41) is 4.44. The van der Waals surface area contributed by atoms with Crippen LogP contribution in [0.15, 0.2) is 29.7 Å². The zero-order chi connectivity index (χ0) is 20.6. The minimum absolute atomic E-state index is 0.210. The minimum Gasteiger partial charge on any atom is -0.312 e. The van der Waals surface area contributed by atoms with Crippen molar-refractivity contribution in [2.75, 3.05) is 18.0 Å². The van der Waals surface area contributed by atoms with Gasteiger partial charge in [-0.1, -0.05) is 17.7 Å². The van der Waals surface area contributed by atoms with Gasteiger partial charge in [0.1, 0.15) is 6.04 Å². The topological polar surface area (TPSA) is 78.5 Å². The lowest BCUT2D eigenvalue weighted by atomic mass is 9.97. The van der Waals surface area contributed by atoms with Gasteiger partial charge in [0.2, 0.25) is 15.9 Å². The fourth-order valence-electron chi connectivity index (χ4n) is 3.77. The summed E-state index contributed by atoms with van der Waals surface area (Å²) in [4.78, 5) is 15.4. The number of rotatable bonds is 5. The van der Waals surface area contributed by atoms with Gasteiger partial charge in [0, 0.05) is 29.1 Å². The summed E-state index contributed by atoms with van der Waals surface area (Å²) in [6.45, 7) is 4.25. The van der Waals surface area contributed by atoms with Gasteiger partial charge in [-0.05, 0) is 67.3 Å². The fraction of sp³-hybridized carbons (Fsp3) is 0.350. The Morgan fingerprint density at radius 3 is 2.90 bits per heavy atom. The first kappa shape index (κ1) is 20.6. The number of fused-ring (bicyclic) bond motifs is 1. The molecule has 0 radical (unpaired) electrons. The Kier molecular flexibility index (Phi) is 5.81. The van der Waals surface area contributed by atoms with E-state index in [9.17, 15) is 13.2 Å². The van der Waals surface area contributed by atoms with Crippen molar-refractivity contribution in [3.8, 4) is 0 Å². The van der Waals surface area contributed by atoms with E-state index in [2.05, 4.69) is 22.2 Å². The molecular formula is C20H22ClN3O3S2. The average molecular weight is 452 g/mol. The van der Waals surface area contributed by atoms with Gasteiger partial charge in [0.05, 0.1) is 4.34 Å². The maximum Gasteiger partial charge on any atom is 0.245 e. The SMILES string of the molecule is Cc1cc2c(cc1N1CC[C@H](NS(=O)(=O)C=Cc3ccc(Cl)s3)C1=O)CCNC2. The molecule has 2 aliphatic heterocycles. The van der Waals surface area contributed by atoms with Gasteiger partial charge in [-0.15, -0.1) is 11.3 Å². The van der Waals surface area contributed by atoms with E-state index in [0.29, 0.717) is 17.3 Å². The maximum atomic E-state index is 12.9. The summed E-state index contributed by atoms with van der Waals surface area (Å²) in [5.41, 5.74) is 4.42. The standard InChI is InChI=1S/C20H22ClN3O3S2/c1-13-10-15-12-22-7-4-14(15)11-18(13)24-8-5-17(20(24)25)23-29(26,27)9-6-16-2-3-19(21)28-16/h2-3,6,9-11,17,22-23H,4-5,7-8,12H2,1H3/t17-/m0/s1. The van der Waals surface area contributed by atoms with Crippen LogP contribution in [0, 0.1) is 6.92 Å². The third-order valence-electron chi connectivity index (χ3n) is 5.21. The van der Waals surface area contributed by atoms with Crippen molar-refractivity contribution in [1.82, 2.24) is 10.0 Å². The number of nitrogens with one attached hydrogen (secondary N) is 2. The summed E-state index contributed by atoms with van der Waals surface area (Å²) in [6.07, 6.45) is 2.85. The van der Waals surface area contributed by atoms with E-state index in [1.807, 2.05) is 6.92 Å². The van der Waals surface area contributed by atoms with Crippen molar-refractivity contribution in [3.63, 3.8) is 0 Å². The molecule has 0 unspecified atom stereocenters. The number of benzene rings is 1.